The maximum atomic E-state index is 11.1. The highest BCUT2D eigenvalue weighted by atomic mass is 35.5. The minimum Gasteiger partial charge on any atom is -0.399 e. The van der Waals surface area contributed by atoms with Gasteiger partial charge in [-0.25, -0.2) is 0 Å². The quantitative estimate of drug-likeness (QED) is 0.484. The fourth-order valence-corrected chi connectivity index (χ4v) is 2.05. The molecular weight excluding hydrogens is 226 g/mol. The zero-order valence-corrected chi connectivity index (χ0v) is 8.88. The van der Waals surface area contributed by atoms with Gasteiger partial charge in [0.25, 0.3) is 0 Å². The molecule has 0 aliphatic heterocycles. The van der Waals surface area contributed by atoms with Crippen molar-refractivity contribution in [3.05, 3.63) is 24.3 Å². The van der Waals surface area contributed by atoms with Crippen molar-refractivity contribution in [2.24, 2.45) is 0 Å². The van der Waals surface area contributed by atoms with Crippen molar-refractivity contribution in [1.29, 1.82) is 0 Å². The van der Waals surface area contributed by atoms with Crippen molar-refractivity contribution in [2.75, 3.05) is 17.4 Å². The zero-order chi connectivity index (χ0) is 10.6. The molecule has 0 saturated carbocycles. The molecule has 4 nitrogen and oxygen atoms in total. The second-order valence-corrected chi connectivity index (χ2v) is 4.67. The number of halogens is 1. The summed E-state index contributed by atoms with van der Waals surface area (Å²) in [6.45, 7) is 0. The lowest BCUT2D eigenvalue weighted by Crippen LogP contribution is -2.14. The van der Waals surface area contributed by atoms with Crippen LogP contribution < -0.4 is 9.92 Å². The molecule has 0 amide bonds. The van der Waals surface area contributed by atoms with E-state index in [4.69, 9.17) is 21.5 Å². The Morgan fingerprint density at radius 3 is 2.36 bits per heavy atom. The van der Waals surface area contributed by atoms with E-state index in [0.717, 1.165) is 0 Å². The molecule has 0 atom stereocenters. The van der Waals surface area contributed by atoms with Crippen molar-refractivity contribution in [2.45, 2.75) is 0 Å². The Morgan fingerprint density at radius 1 is 1.29 bits per heavy atom. The van der Waals surface area contributed by atoms with Gasteiger partial charge < -0.3 is 9.92 Å². The smallest absolute Gasteiger partial charge is 0.310 e. The molecule has 6 heteroatoms. The number of alkyl halides is 1. The molecule has 0 spiro atoms. The van der Waals surface area contributed by atoms with Crippen molar-refractivity contribution in [3.63, 3.8) is 0 Å². The summed E-state index contributed by atoms with van der Waals surface area (Å²) >= 11 is 5.30. The first kappa shape index (κ1) is 11.1. The number of rotatable bonds is 4. The van der Waals surface area contributed by atoms with Gasteiger partial charge in [0, 0.05) is 11.6 Å². The van der Waals surface area contributed by atoms with E-state index in [1.807, 2.05) is 0 Å². The molecule has 0 aliphatic carbocycles. The number of nitrogen functional groups attached to an aromatic ring is 1. The summed E-state index contributed by atoms with van der Waals surface area (Å²) in [5.41, 5.74) is 5.97. The summed E-state index contributed by atoms with van der Waals surface area (Å²) in [7, 11) is -3.57. The van der Waals surface area contributed by atoms with Crippen molar-refractivity contribution in [3.8, 4) is 5.75 Å². The normalized spacial score (nSPS) is 11.2. The minimum atomic E-state index is -3.57. The van der Waals surface area contributed by atoms with Crippen LogP contribution in [0.4, 0.5) is 5.69 Å². The molecule has 0 unspecified atom stereocenters. The predicted octanol–water partition coefficient (Wildman–Crippen LogP) is 1.22. The van der Waals surface area contributed by atoms with Gasteiger partial charge in [0.1, 0.15) is 5.75 Å². The molecule has 2 N–H and O–H groups in total. The molecule has 0 fully saturated rings. The van der Waals surface area contributed by atoms with E-state index in [2.05, 4.69) is 0 Å². The van der Waals surface area contributed by atoms with Crippen molar-refractivity contribution in [1.82, 2.24) is 0 Å². The van der Waals surface area contributed by atoms with Crippen LogP contribution in [-0.4, -0.2) is 20.1 Å². The molecule has 14 heavy (non-hydrogen) atoms. The van der Waals surface area contributed by atoms with Gasteiger partial charge in [-0.15, -0.1) is 11.6 Å². The van der Waals surface area contributed by atoms with Crippen LogP contribution in [0.1, 0.15) is 0 Å². The first-order valence-electron chi connectivity index (χ1n) is 3.87. The minimum absolute atomic E-state index is 0.0112. The third-order valence-corrected chi connectivity index (χ3v) is 2.99. The Kier molecular flexibility index (Phi) is 3.60. The second-order valence-electron chi connectivity index (χ2n) is 2.60. The fraction of sp³-hybridized carbons (Fsp3) is 0.250. The van der Waals surface area contributed by atoms with Gasteiger partial charge in [-0.2, -0.15) is 8.42 Å². The molecule has 0 bridgehead atoms. The largest absolute Gasteiger partial charge is 0.399 e. The van der Waals surface area contributed by atoms with E-state index in [1.54, 1.807) is 12.1 Å². The van der Waals surface area contributed by atoms with Crippen molar-refractivity contribution < 1.29 is 12.6 Å². The van der Waals surface area contributed by atoms with Gasteiger partial charge in [0.2, 0.25) is 0 Å². The third kappa shape index (κ3) is 3.43. The average Bonchev–Trinajstić information content (AvgIpc) is 2.08. The highest BCUT2D eigenvalue weighted by Gasteiger charge is 2.11. The van der Waals surface area contributed by atoms with Crippen LogP contribution in [0.5, 0.6) is 5.75 Å². The lowest BCUT2D eigenvalue weighted by molar-refractivity contribution is 0.488. The number of hydrogen-bond acceptors (Lipinski definition) is 4. The molecule has 78 valence electrons. The maximum Gasteiger partial charge on any atom is 0.310 e. The van der Waals surface area contributed by atoms with Crippen LogP contribution in [-0.2, 0) is 10.1 Å². The highest BCUT2D eigenvalue weighted by molar-refractivity contribution is 7.87. The maximum absolute atomic E-state index is 11.1. The van der Waals surface area contributed by atoms with E-state index >= 15 is 0 Å². The molecule has 0 aromatic heterocycles. The van der Waals surface area contributed by atoms with Crippen LogP contribution >= 0.6 is 11.6 Å². The predicted molar refractivity (Wildman–Crippen MR) is 56.0 cm³/mol. The first-order chi connectivity index (χ1) is 6.53. The Morgan fingerprint density at radius 2 is 1.86 bits per heavy atom. The molecule has 1 aromatic carbocycles. The first-order valence-corrected chi connectivity index (χ1v) is 5.98. The lowest BCUT2D eigenvalue weighted by atomic mass is 10.3. The summed E-state index contributed by atoms with van der Waals surface area (Å²) in [5, 5.41) is 0. The van der Waals surface area contributed by atoms with Gasteiger partial charge in [-0.05, 0) is 24.3 Å². The Labute approximate surface area is 87.8 Å². The lowest BCUT2D eigenvalue weighted by Gasteiger charge is -2.04. The van der Waals surface area contributed by atoms with Crippen molar-refractivity contribution >= 4 is 27.4 Å². The molecule has 1 rings (SSSR count). The average molecular weight is 236 g/mol. The van der Waals surface area contributed by atoms with Crippen LogP contribution in [0.3, 0.4) is 0 Å². The Bertz CT molecular complexity index is 388. The van der Waals surface area contributed by atoms with Crippen LogP contribution in [0, 0.1) is 0 Å². The molecule has 0 aliphatic rings. The monoisotopic (exact) mass is 235 g/mol. The summed E-state index contributed by atoms with van der Waals surface area (Å²) in [6, 6.07) is 6.10. The van der Waals surface area contributed by atoms with E-state index in [1.165, 1.54) is 12.1 Å². The molecule has 0 heterocycles. The number of nitrogens with two attached hydrogens (primary N) is 1. The number of hydrogen-bond donors (Lipinski definition) is 1. The fourth-order valence-electron chi connectivity index (χ4n) is 0.806. The number of anilines is 1. The van der Waals surface area contributed by atoms with E-state index in [-0.39, 0.29) is 17.4 Å². The number of benzene rings is 1. The summed E-state index contributed by atoms with van der Waals surface area (Å²) < 4.78 is 27.0. The highest BCUT2D eigenvalue weighted by Crippen LogP contribution is 2.15. The second kappa shape index (κ2) is 4.52. The SMILES string of the molecule is Nc1ccc(OS(=O)(=O)CCCl)cc1. The molecule has 1 aromatic rings. The van der Waals surface area contributed by atoms with E-state index in [9.17, 15) is 8.42 Å². The van der Waals surface area contributed by atoms with E-state index in [0.29, 0.717) is 5.69 Å². The third-order valence-electron chi connectivity index (χ3n) is 1.43. The van der Waals surface area contributed by atoms with Gasteiger partial charge in [-0.3, -0.25) is 0 Å². The van der Waals surface area contributed by atoms with Gasteiger partial charge >= 0.3 is 10.1 Å². The zero-order valence-electron chi connectivity index (χ0n) is 7.31. The molecular formula is C8H10ClNO3S. The Hall–Kier alpha value is -0.940. The van der Waals surface area contributed by atoms with E-state index < -0.39 is 10.1 Å². The summed E-state index contributed by atoms with van der Waals surface area (Å²) in [4.78, 5) is 0. The van der Waals surface area contributed by atoms with Gasteiger partial charge in [0.05, 0.1) is 5.75 Å². The standard InChI is InChI=1S/C8H10ClNO3S/c9-5-6-14(11,12)13-8-3-1-7(10)2-4-8/h1-4H,5-6,10H2. The van der Waals surface area contributed by atoms with Crippen LogP contribution in [0.15, 0.2) is 24.3 Å². The Balaban J connectivity index is 2.74. The molecule has 0 radical (unpaired) electrons. The molecule has 0 saturated heterocycles. The van der Waals surface area contributed by atoms with Crippen LogP contribution in [0.25, 0.3) is 0 Å². The van der Waals surface area contributed by atoms with Crippen LogP contribution in [0.2, 0.25) is 0 Å². The van der Waals surface area contributed by atoms with Gasteiger partial charge in [0.15, 0.2) is 0 Å². The summed E-state index contributed by atoms with van der Waals surface area (Å²) in [5.74, 6) is 0.0419. The topological polar surface area (TPSA) is 69.4 Å². The van der Waals surface area contributed by atoms with Gasteiger partial charge in [-0.1, -0.05) is 0 Å². The summed E-state index contributed by atoms with van der Waals surface area (Å²) in [6.07, 6.45) is 0.